The van der Waals surface area contributed by atoms with Crippen LogP contribution >= 0.6 is 0 Å². The van der Waals surface area contributed by atoms with E-state index in [4.69, 9.17) is 9.66 Å². The van der Waals surface area contributed by atoms with Gasteiger partial charge in [0.05, 0.1) is 17.6 Å². The smallest absolute Gasteiger partial charge is 0.294 e. The number of aromatic hydroxyl groups is 1. The van der Waals surface area contributed by atoms with Gasteiger partial charge < -0.3 is 20.6 Å². The van der Waals surface area contributed by atoms with Gasteiger partial charge in [-0.05, 0) is 29.7 Å². The van der Waals surface area contributed by atoms with Crippen LogP contribution in [-0.4, -0.2) is 47.5 Å². The summed E-state index contributed by atoms with van der Waals surface area (Å²) in [5.74, 6) is -0.262. The van der Waals surface area contributed by atoms with E-state index in [0.29, 0.717) is 16.5 Å². The molecule has 2 rings (SSSR count). The first-order chi connectivity index (χ1) is 9.81. The van der Waals surface area contributed by atoms with Crippen LogP contribution in [0.5, 0.6) is 5.75 Å². The third-order valence-corrected chi connectivity index (χ3v) is 3.79. The van der Waals surface area contributed by atoms with Crippen molar-refractivity contribution in [3.05, 3.63) is 30.3 Å². The van der Waals surface area contributed by atoms with E-state index in [2.05, 4.69) is 5.32 Å². The van der Waals surface area contributed by atoms with Gasteiger partial charge >= 0.3 is 0 Å². The van der Waals surface area contributed by atoms with Crippen LogP contribution in [0.3, 0.4) is 0 Å². The molecule has 1 unspecified atom stereocenters. The molecule has 0 bridgehead atoms. The van der Waals surface area contributed by atoms with Crippen LogP contribution < -0.4 is 5.32 Å². The normalized spacial score (nSPS) is 13.3. The SMILES string of the molecule is O=S(=O)(O)c1cc(O)c2ccc(NCC(O)CO)cc2c1. The maximum atomic E-state index is 11.1. The van der Waals surface area contributed by atoms with Crippen molar-refractivity contribution in [3.63, 3.8) is 0 Å². The van der Waals surface area contributed by atoms with Gasteiger partial charge in [-0.2, -0.15) is 8.42 Å². The standard InChI is InChI=1S/C13H15NO6S/c15-7-10(16)6-14-9-1-2-12-8(3-9)4-11(5-13(12)17)21(18,19)20/h1-5,10,14-17H,6-7H2,(H,18,19,20). The maximum absolute atomic E-state index is 11.1. The molecule has 7 nitrogen and oxygen atoms in total. The molecule has 0 amide bonds. The number of aliphatic hydroxyl groups is 2. The number of benzene rings is 2. The van der Waals surface area contributed by atoms with Crippen LogP contribution in [0.4, 0.5) is 5.69 Å². The number of hydrogen-bond donors (Lipinski definition) is 5. The van der Waals surface area contributed by atoms with Gasteiger partial charge in [0.15, 0.2) is 0 Å². The van der Waals surface area contributed by atoms with E-state index >= 15 is 0 Å². The molecule has 0 saturated heterocycles. The fourth-order valence-corrected chi connectivity index (χ4v) is 2.42. The first-order valence-corrected chi connectivity index (χ1v) is 7.52. The van der Waals surface area contributed by atoms with Crippen molar-refractivity contribution in [2.75, 3.05) is 18.5 Å². The van der Waals surface area contributed by atoms with Crippen molar-refractivity contribution in [3.8, 4) is 5.75 Å². The molecular formula is C13H15NO6S. The lowest BCUT2D eigenvalue weighted by atomic mass is 10.1. The molecule has 5 N–H and O–H groups in total. The molecule has 0 aliphatic heterocycles. The van der Waals surface area contributed by atoms with Gasteiger partial charge in [0.25, 0.3) is 10.1 Å². The van der Waals surface area contributed by atoms with E-state index in [1.807, 2.05) is 0 Å². The van der Waals surface area contributed by atoms with Crippen LogP contribution in [0.1, 0.15) is 0 Å². The molecule has 0 saturated carbocycles. The van der Waals surface area contributed by atoms with Crippen LogP contribution in [-0.2, 0) is 10.1 Å². The lowest BCUT2D eigenvalue weighted by molar-refractivity contribution is 0.105. The molecule has 0 spiro atoms. The number of phenolic OH excluding ortho intramolecular Hbond substituents is 1. The predicted molar refractivity (Wildman–Crippen MR) is 77.0 cm³/mol. The Labute approximate surface area is 121 Å². The Balaban J connectivity index is 2.41. The van der Waals surface area contributed by atoms with Gasteiger partial charge in [0.1, 0.15) is 5.75 Å². The highest BCUT2D eigenvalue weighted by atomic mass is 32.2. The molecule has 0 aliphatic carbocycles. The van der Waals surface area contributed by atoms with Crippen LogP contribution in [0.2, 0.25) is 0 Å². The fourth-order valence-electron chi connectivity index (χ4n) is 1.88. The highest BCUT2D eigenvalue weighted by Gasteiger charge is 2.13. The second-order valence-corrected chi connectivity index (χ2v) is 5.99. The number of hydrogen-bond acceptors (Lipinski definition) is 6. The average molecular weight is 313 g/mol. The number of anilines is 1. The number of nitrogens with one attached hydrogen (secondary N) is 1. The van der Waals surface area contributed by atoms with Gasteiger partial charge in [0.2, 0.25) is 0 Å². The van der Waals surface area contributed by atoms with Gasteiger partial charge in [-0.1, -0.05) is 0 Å². The second kappa shape index (κ2) is 5.86. The van der Waals surface area contributed by atoms with E-state index in [1.54, 1.807) is 18.2 Å². The number of rotatable bonds is 5. The minimum Gasteiger partial charge on any atom is -0.507 e. The fraction of sp³-hybridized carbons (Fsp3) is 0.231. The Kier molecular flexibility index (Phi) is 4.33. The molecule has 21 heavy (non-hydrogen) atoms. The summed E-state index contributed by atoms with van der Waals surface area (Å²) in [7, 11) is -4.41. The van der Waals surface area contributed by atoms with E-state index < -0.39 is 21.1 Å². The van der Waals surface area contributed by atoms with E-state index in [-0.39, 0.29) is 18.9 Å². The third kappa shape index (κ3) is 3.61. The van der Waals surface area contributed by atoms with Crippen molar-refractivity contribution in [2.45, 2.75) is 11.0 Å². The van der Waals surface area contributed by atoms with E-state index in [9.17, 15) is 18.6 Å². The highest BCUT2D eigenvalue weighted by molar-refractivity contribution is 7.85. The number of fused-ring (bicyclic) bond motifs is 1. The quantitative estimate of drug-likeness (QED) is 0.510. The van der Waals surface area contributed by atoms with Crippen molar-refractivity contribution in [1.29, 1.82) is 0 Å². The molecule has 0 aliphatic rings. The van der Waals surface area contributed by atoms with Gasteiger partial charge in [-0.25, -0.2) is 0 Å². The second-order valence-electron chi connectivity index (χ2n) is 4.57. The summed E-state index contributed by atoms with van der Waals surface area (Å²) in [5, 5.41) is 31.5. The summed E-state index contributed by atoms with van der Waals surface area (Å²) in [4.78, 5) is -0.403. The van der Waals surface area contributed by atoms with E-state index in [1.165, 1.54) is 6.07 Å². The monoisotopic (exact) mass is 313 g/mol. The molecule has 1 atom stereocenters. The minimum atomic E-state index is -4.41. The zero-order valence-electron chi connectivity index (χ0n) is 10.9. The summed E-state index contributed by atoms with van der Waals surface area (Å²) in [6.07, 6.45) is -0.918. The van der Waals surface area contributed by atoms with Crippen LogP contribution in [0.15, 0.2) is 35.2 Å². The molecule has 8 heteroatoms. The largest absolute Gasteiger partial charge is 0.507 e. The molecule has 2 aromatic carbocycles. The maximum Gasteiger partial charge on any atom is 0.294 e. The zero-order chi connectivity index (χ0) is 15.6. The zero-order valence-corrected chi connectivity index (χ0v) is 11.7. The van der Waals surface area contributed by atoms with Gasteiger partial charge in [-0.15, -0.1) is 0 Å². The van der Waals surface area contributed by atoms with Gasteiger partial charge in [-0.3, -0.25) is 4.55 Å². The molecular weight excluding hydrogens is 298 g/mol. The Morgan fingerprint density at radius 1 is 1.19 bits per heavy atom. The Bertz CT molecular complexity index is 759. The van der Waals surface area contributed by atoms with Crippen molar-refractivity contribution < 1.29 is 28.3 Å². The predicted octanol–water partition coefficient (Wildman–Crippen LogP) is 0.557. The summed E-state index contributed by atoms with van der Waals surface area (Å²) in [6.45, 7) is -0.264. The van der Waals surface area contributed by atoms with Crippen molar-refractivity contribution in [2.24, 2.45) is 0 Å². The molecule has 114 valence electrons. The molecule has 2 aromatic rings. The molecule has 0 aromatic heterocycles. The Hall–Kier alpha value is -1.87. The topological polar surface area (TPSA) is 127 Å². The first-order valence-electron chi connectivity index (χ1n) is 6.08. The summed E-state index contributed by atoms with van der Waals surface area (Å²) < 4.78 is 31.3. The number of aliphatic hydroxyl groups excluding tert-OH is 2. The summed E-state index contributed by atoms with van der Waals surface area (Å²) in [6, 6.07) is 6.98. The lowest BCUT2D eigenvalue weighted by Gasteiger charge is -2.11. The molecule has 0 heterocycles. The molecule has 0 fully saturated rings. The Morgan fingerprint density at radius 3 is 2.52 bits per heavy atom. The first kappa shape index (κ1) is 15.5. The van der Waals surface area contributed by atoms with Crippen LogP contribution in [0.25, 0.3) is 10.8 Å². The van der Waals surface area contributed by atoms with Crippen molar-refractivity contribution in [1.82, 2.24) is 0 Å². The van der Waals surface area contributed by atoms with E-state index in [0.717, 1.165) is 6.07 Å². The summed E-state index contributed by atoms with van der Waals surface area (Å²) >= 11 is 0. The van der Waals surface area contributed by atoms with Crippen molar-refractivity contribution >= 4 is 26.6 Å². The third-order valence-electron chi connectivity index (χ3n) is 2.95. The highest BCUT2D eigenvalue weighted by Crippen LogP contribution is 2.30. The Morgan fingerprint density at radius 2 is 1.90 bits per heavy atom. The lowest BCUT2D eigenvalue weighted by Crippen LogP contribution is -2.22. The average Bonchev–Trinajstić information content (AvgIpc) is 2.43. The van der Waals surface area contributed by atoms with Gasteiger partial charge in [0, 0.05) is 23.7 Å². The summed E-state index contributed by atoms with van der Waals surface area (Å²) in [5.41, 5.74) is 0.571. The number of phenols is 1. The minimum absolute atomic E-state index is 0.117. The van der Waals surface area contributed by atoms with Crippen LogP contribution in [0, 0.1) is 0 Å². The molecule has 0 radical (unpaired) electrons.